The zero-order valence-electron chi connectivity index (χ0n) is 20.5. The van der Waals surface area contributed by atoms with Crippen molar-refractivity contribution in [3.63, 3.8) is 0 Å². The summed E-state index contributed by atoms with van der Waals surface area (Å²) in [4.78, 5) is 32.9. The molecule has 1 aliphatic rings. The van der Waals surface area contributed by atoms with Gasteiger partial charge in [0.15, 0.2) is 5.75 Å². The molecule has 8 nitrogen and oxygen atoms in total. The zero-order chi connectivity index (χ0) is 25.8. The standard InChI is InChI=1S/C28H26N4O4S/c1-32(2)13-14-35-20-10-7-18(8-11-20)28-30-17-21(37-28)16-29-26(33)19-9-12-25-23(15-19)31-27(34)22-5-3-4-6-24(22)36-25/h3-12,15,17H,13-14,16H2,1-2H3,(H,29,33)(H,31,34). The molecule has 0 radical (unpaired) electrons. The Balaban J connectivity index is 1.20. The lowest BCUT2D eigenvalue weighted by Crippen LogP contribution is -2.22. The molecule has 0 atom stereocenters. The van der Waals surface area contributed by atoms with E-state index in [1.165, 1.54) is 11.3 Å². The van der Waals surface area contributed by atoms with Crippen LogP contribution in [0.25, 0.3) is 10.6 Å². The number of para-hydroxylation sites is 1. The summed E-state index contributed by atoms with van der Waals surface area (Å²) in [6.45, 7) is 1.82. The molecule has 4 aromatic rings. The van der Waals surface area contributed by atoms with E-state index in [9.17, 15) is 9.59 Å². The van der Waals surface area contributed by atoms with Crippen molar-refractivity contribution in [1.29, 1.82) is 0 Å². The Morgan fingerprint density at radius 1 is 1.08 bits per heavy atom. The molecule has 0 saturated carbocycles. The number of anilines is 1. The van der Waals surface area contributed by atoms with E-state index in [0.717, 1.165) is 27.7 Å². The number of aromatic nitrogens is 1. The van der Waals surface area contributed by atoms with Gasteiger partial charge in [0, 0.05) is 28.7 Å². The molecular formula is C28H26N4O4S. The Kier molecular flexibility index (Phi) is 7.16. The number of nitrogens with one attached hydrogen (secondary N) is 2. The van der Waals surface area contributed by atoms with E-state index in [4.69, 9.17) is 9.47 Å². The third-order valence-electron chi connectivity index (χ3n) is 5.73. The summed E-state index contributed by atoms with van der Waals surface area (Å²) >= 11 is 1.52. The number of carbonyl (C=O) groups is 2. The van der Waals surface area contributed by atoms with Gasteiger partial charge in [0.05, 0.1) is 17.8 Å². The van der Waals surface area contributed by atoms with Crippen molar-refractivity contribution in [2.75, 3.05) is 32.6 Å². The molecule has 37 heavy (non-hydrogen) atoms. The van der Waals surface area contributed by atoms with Gasteiger partial charge in [-0.1, -0.05) is 12.1 Å². The number of ether oxygens (including phenoxy) is 2. The van der Waals surface area contributed by atoms with Crippen molar-refractivity contribution in [2.24, 2.45) is 0 Å². The van der Waals surface area contributed by atoms with Gasteiger partial charge >= 0.3 is 0 Å². The van der Waals surface area contributed by atoms with Crippen LogP contribution in [-0.2, 0) is 6.54 Å². The molecule has 3 aromatic carbocycles. The predicted octanol–water partition coefficient (Wildman–Crippen LogP) is 5.04. The van der Waals surface area contributed by atoms with Gasteiger partial charge in [-0.2, -0.15) is 0 Å². The van der Waals surface area contributed by atoms with Crippen molar-refractivity contribution in [3.8, 4) is 27.8 Å². The first-order chi connectivity index (χ1) is 18.0. The number of benzene rings is 3. The molecule has 2 N–H and O–H groups in total. The molecule has 0 unspecified atom stereocenters. The van der Waals surface area contributed by atoms with E-state index >= 15 is 0 Å². The number of rotatable bonds is 8. The molecule has 9 heteroatoms. The summed E-state index contributed by atoms with van der Waals surface area (Å²) in [6, 6.07) is 19.8. The highest BCUT2D eigenvalue weighted by Crippen LogP contribution is 2.36. The highest BCUT2D eigenvalue weighted by atomic mass is 32.1. The molecule has 0 bridgehead atoms. The summed E-state index contributed by atoms with van der Waals surface area (Å²) in [5.41, 5.74) is 2.30. The smallest absolute Gasteiger partial charge is 0.259 e. The predicted molar refractivity (Wildman–Crippen MR) is 144 cm³/mol. The van der Waals surface area contributed by atoms with E-state index in [1.807, 2.05) is 38.4 Å². The summed E-state index contributed by atoms with van der Waals surface area (Å²) in [5.74, 6) is 1.24. The maximum absolute atomic E-state index is 12.8. The Hall–Kier alpha value is -4.21. The second-order valence-electron chi connectivity index (χ2n) is 8.75. The summed E-state index contributed by atoms with van der Waals surface area (Å²) in [5, 5.41) is 6.62. The number of hydrogen-bond acceptors (Lipinski definition) is 7. The lowest BCUT2D eigenvalue weighted by atomic mass is 10.1. The quantitative estimate of drug-likeness (QED) is 0.342. The number of amides is 2. The minimum atomic E-state index is -0.280. The van der Waals surface area contributed by atoms with Crippen molar-refractivity contribution >= 4 is 28.8 Å². The van der Waals surface area contributed by atoms with Crippen LogP contribution in [0.1, 0.15) is 25.6 Å². The third kappa shape index (κ3) is 5.79. The molecule has 0 saturated heterocycles. The normalized spacial score (nSPS) is 12.1. The van der Waals surface area contributed by atoms with Gasteiger partial charge in [-0.15, -0.1) is 11.3 Å². The van der Waals surface area contributed by atoms with Crippen LogP contribution in [0, 0.1) is 0 Å². The van der Waals surface area contributed by atoms with E-state index < -0.39 is 0 Å². The van der Waals surface area contributed by atoms with Crippen LogP contribution in [0.5, 0.6) is 17.2 Å². The maximum Gasteiger partial charge on any atom is 0.259 e. The number of carbonyl (C=O) groups excluding carboxylic acids is 2. The molecular weight excluding hydrogens is 488 g/mol. The van der Waals surface area contributed by atoms with Gasteiger partial charge in [0.2, 0.25) is 0 Å². The monoisotopic (exact) mass is 514 g/mol. The highest BCUT2D eigenvalue weighted by molar-refractivity contribution is 7.15. The fraction of sp³-hybridized carbons (Fsp3) is 0.179. The van der Waals surface area contributed by atoms with Crippen molar-refractivity contribution in [3.05, 3.63) is 88.9 Å². The van der Waals surface area contributed by atoms with Crippen LogP contribution in [0.4, 0.5) is 5.69 Å². The molecule has 0 spiro atoms. The topological polar surface area (TPSA) is 92.8 Å². The Labute approximate surface area is 218 Å². The fourth-order valence-electron chi connectivity index (χ4n) is 3.74. The largest absolute Gasteiger partial charge is 0.492 e. The molecule has 1 aliphatic heterocycles. The average molecular weight is 515 g/mol. The van der Waals surface area contributed by atoms with E-state index in [1.54, 1.807) is 48.7 Å². The second-order valence-corrected chi connectivity index (χ2v) is 9.87. The molecule has 0 aliphatic carbocycles. The number of fused-ring (bicyclic) bond motifs is 2. The minimum Gasteiger partial charge on any atom is -0.492 e. The van der Waals surface area contributed by atoms with Gasteiger partial charge in [-0.05, 0) is 68.7 Å². The maximum atomic E-state index is 12.8. The van der Waals surface area contributed by atoms with Gasteiger partial charge < -0.3 is 25.0 Å². The van der Waals surface area contributed by atoms with Crippen LogP contribution in [0.2, 0.25) is 0 Å². The Morgan fingerprint density at radius 3 is 2.70 bits per heavy atom. The first kappa shape index (κ1) is 24.5. The fourth-order valence-corrected chi connectivity index (χ4v) is 4.60. The second kappa shape index (κ2) is 10.8. The van der Waals surface area contributed by atoms with Crippen molar-refractivity contribution in [1.82, 2.24) is 15.2 Å². The van der Waals surface area contributed by atoms with Gasteiger partial charge in [0.1, 0.15) is 23.1 Å². The minimum absolute atomic E-state index is 0.256. The van der Waals surface area contributed by atoms with E-state index in [2.05, 4.69) is 20.5 Å². The Bertz CT molecular complexity index is 1430. The Morgan fingerprint density at radius 2 is 1.89 bits per heavy atom. The molecule has 5 rings (SSSR count). The van der Waals surface area contributed by atoms with E-state index in [-0.39, 0.29) is 11.8 Å². The van der Waals surface area contributed by atoms with Crippen LogP contribution in [0.15, 0.2) is 72.9 Å². The van der Waals surface area contributed by atoms with Crippen molar-refractivity contribution < 1.29 is 19.1 Å². The third-order valence-corrected chi connectivity index (χ3v) is 6.77. The first-order valence-electron chi connectivity index (χ1n) is 11.8. The number of hydrogen-bond donors (Lipinski definition) is 2. The van der Waals surface area contributed by atoms with Crippen molar-refractivity contribution in [2.45, 2.75) is 6.54 Å². The van der Waals surface area contributed by atoms with Gasteiger partial charge in [-0.3, -0.25) is 9.59 Å². The van der Waals surface area contributed by atoms with Crippen LogP contribution >= 0.6 is 11.3 Å². The number of nitrogens with zero attached hydrogens (tertiary/aromatic N) is 2. The van der Waals surface area contributed by atoms with Gasteiger partial charge in [-0.25, -0.2) is 4.98 Å². The molecule has 1 aromatic heterocycles. The summed E-state index contributed by atoms with van der Waals surface area (Å²) in [6.07, 6.45) is 1.77. The molecule has 0 fully saturated rings. The number of likely N-dealkylation sites (N-methyl/N-ethyl adjacent to an activating group) is 1. The lowest BCUT2D eigenvalue weighted by Gasteiger charge is -2.11. The summed E-state index contributed by atoms with van der Waals surface area (Å²) in [7, 11) is 4.02. The number of thiazole rings is 1. The highest BCUT2D eigenvalue weighted by Gasteiger charge is 2.21. The van der Waals surface area contributed by atoms with Crippen LogP contribution < -0.4 is 20.1 Å². The van der Waals surface area contributed by atoms with E-state index in [0.29, 0.717) is 41.5 Å². The average Bonchev–Trinajstić information content (AvgIpc) is 3.32. The zero-order valence-corrected chi connectivity index (χ0v) is 21.3. The SMILES string of the molecule is CN(C)CCOc1ccc(-c2ncc(CNC(=O)c3ccc4c(c3)NC(=O)c3ccccc3O4)s2)cc1. The van der Waals surface area contributed by atoms with Crippen LogP contribution in [-0.4, -0.2) is 48.9 Å². The molecule has 2 heterocycles. The first-order valence-corrected chi connectivity index (χ1v) is 12.6. The molecule has 188 valence electrons. The summed E-state index contributed by atoms with van der Waals surface area (Å²) < 4.78 is 11.6. The molecule has 2 amide bonds. The van der Waals surface area contributed by atoms with Crippen LogP contribution in [0.3, 0.4) is 0 Å². The van der Waals surface area contributed by atoms with Gasteiger partial charge in [0.25, 0.3) is 11.8 Å². The lowest BCUT2D eigenvalue weighted by molar-refractivity contribution is 0.0950.